The van der Waals surface area contributed by atoms with Crippen LogP contribution in [0.2, 0.25) is 0 Å². The topological polar surface area (TPSA) is 77.9 Å². The number of carbonyl (C=O) groups is 3. The first-order valence-electron chi connectivity index (χ1n) is 9.62. The lowest BCUT2D eigenvalue weighted by molar-refractivity contribution is -0.141. The standard InChI is InChI=1S/C23H28N2O4/c1-16(2)21(26)24(4)14-19-10-12-20(13-11-19)22(27)25(17(3)23(28)29)15-18-8-6-5-7-9-18/h5-13,16-17H,14-15H2,1-4H3,(H,28,29). The summed E-state index contributed by atoms with van der Waals surface area (Å²) in [6, 6.07) is 15.3. The van der Waals surface area contributed by atoms with E-state index in [0.29, 0.717) is 12.1 Å². The Hall–Kier alpha value is -3.15. The molecule has 0 heterocycles. The highest BCUT2D eigenvalue weighted by atomic mass is 16.4. The Morgan fingerprint density at radius 3 is 1.93 bits per heavy atom. The molecule has 0 aromatic heterocycles. The van der Waals surface area contributed by atoms with Crippen LogP contribution in [0.15, 0.2) is 54.6 Å². The molecule has 2 aromatic rings. The summed E-state index contributed by atoms with van der Waals surface area (Å²) < 4.78 is 0. The fourth-order valence-corrected chi connectivity index (χ4v) is 3.01. The van der Waals surface area contributed by atoms with E-state index in [1.807, 2.05) is 44.2 Å². The summed E-state index contributed by atoms with van der Waals surface area (Å²) in [7, 11) is 1.75. The van der Waals surface area contributed by atoms with E-state index in [4.69, 9.17) is 0 Å². The van der Waals surface area contributed by atoms with Crippen LogP contribution in [-0.2, 0) is 22.7 Å². The van der Waals surface area contributed by atoms with Gasteiger partial charge in [-0.15, -0.1) is 0 Å². The summed E-state index contributed by atoms with van der Waals surface area (Å²) >= 11 is 0. The molecule has 6 heteroatoms. The molecule has 0 bridgehead atoms. The Morgan fingerprint density at radius 2 is 1.41 bits per heavy atom. The van der Waals surface area contributed by atoms with Crippen LogP contribution in [0.5, 0.6) is 0 Å². The first-order valence-corrected chi connectivity index (χ1v) is 9.62. The number of carboxylic acid groups (broad SMARTS) is 1. The lowest BCUT2D eigenvalue weighted by Crippen LogP contribution is -2.42. The number of rotatable bonds is 8. The molecule has 154 valence electrons. The minimum absolute atomic E-state index is 0.0504. The van der Waals surface area contributed by atoms with Gasteiger partial charge >= 0.3 is 5.97 Å². The lowest BCUT2D eigenvalue weighted by atomic mass is 10.1. The SMILES string of the molecule is CC(C)C(=O)N(C)Cc1ccc(C(=O)N(Cc2ccccc2)C(C)C(=O)O)cc1. The van der Waals surface area contributed by atoms with Gasteiger partial charge in [0.2, 0.25) is 5.91 Å². The maximum Gasteiger partial charge on any atom is 0.326 e. The van der Waals surface area contributed by atoms with Gasteiger partial charge in [-0.2, -0.15) is 0 Å². The second-order valence-corrected chi connectivity index (χ2v) is 7.48. The molecule has 1 atom stereocenters. The van der Waals surface area contributed by atoms with E-state index >= 15 is 0 Å². The van der Waals surface area contributed by atoms with Gasteiger partial charge in [-0.1, -0.05) is 56.3 Å². The lowest BCUT2D eigenvalue weighted by Gasteiger charge is -2.27. The van der Waals surface area contributed by atoms with Gasteiger partial charge in [0, 0.05) is 31.6 Å². The Balaban J connectivity index is 2.18. The fourth-order valence-electron chi connectivity index (χ4n) is 3.01. The summed E-state index contributed by atoms with van der Waals surface area (Å²) in [6.07, 6.45) is 0. The van der Waals surface area contributed by atoms with E-state index < -0.39 is 12.0 Å². The number of benzene rings is 2. The maximum absolute atomic E-state index is 13.0. The normalized spacial score (nSPS) is 11.8. The number of carbonyl (C=O) groups excluding carboxylic acids is 2. The van der Waals surface area contributed by atoms with Crippen LogP contribution in [0.1, 0.15) is 42.3 Å². The minimum atomic E-state index is -1.06. The van der Waals surface area contributed by atoms with Gasteiger partial charge in [-0.05, 0) is 30.2 Å². The van der Waals surface area contributed by atoms with E-state index in [-0.39, 0.29) is 24.3 Å². The molecule has 6 nitrogen and oxygen atoms in total. The Labute approximate surface area is 171 Å². The van der Waals surface area contributed by atoms with Crippen LogP contribution in [0.25, 0.3) is 0 Å². The molecule has 0 fully saturated rings. The van der Waals surface area contributed by atoms with Crippen molar-refractivity contribution < 1.29 is 19.5 Å². The van der Waals surface area contributed by atoms with Gasteiger partial charge in [0.05, 0.1) is 0 Å². The first kappa shape index (κ1) is 22.1. The van der Waals surface area contributed by atoms with Crippen LogP contribution >= 0.6 is 0 Å². The number of carboxylic acids is 1. The summed E-state index contributed by atoms with van der Waals surface area (Å²) in [5.41, 5.74) is 2.17. The second kappa shape index (κ2) is 9.87. The van der Waals surface area contributed by atoms with Crippen molar-refractivity contribution in [3.63, 3.8) is 0 Å². The quantitative estimate of drug-likeness (QED) is 0.742. The van der Waals surface area contributed by atoms with E-state index in [2.05, 4.69) is 0 Å². The van der Waals surface area contributed by atoms with Crippen molar-refractivity contribution >= 4 is 17.8 Å². The average molecular weight is 396 g/mol. The van der Waals surface area contributed by atoms with E-state index in [9.17, 15) is 19.5 Å². The van der Waals surface area contributed by atoms with Crippen molar-refractivity contribution in [2.24, 2.45) is 5.92 Å². The van der Waals surface area contributed by atoms with Crippen LogP contribution in [0.4, 0.5) is 0 Å². The molecule has 2 aromatic carbocycles. The summed E-state index contributed by atoms with van der Waals surface area (Å²) in [5, 5.41) is 9.43. The van der Waals surface area contributed by atoms with Crippen molar-refractivity contribution in [2.75, 3.05) is 7.05 Å². The molecule has 1 unspecified atom stereocenters. The summed E-state index contributed by atoms with van der Waals surface area (Å²) in [4.78, 5) is 39.6. The Kier molecular flexibility index (Phi) is 7.53. The van der Waals surface area contributed by atoms with Crippen LogP contribution in [0, 0.1) is 5.92 Å². The highest BCUT2D eigenvalue weighted by molar-refractivity contribution is 5.96. The maximum atomic E-state index is 13.0. The number of aliphatic carboxylic acids is 1. The van der Waals surface area contributed by atoms with Gasteiger partial charge in [-0.25, -0.2) is 4.79 Å². The predicted octanol–water partition coefficient (Wildman–Crippen LogP) is 3.42. The molecule has 0 saturated heterocycles. The van der Waals surface area contributed by atoms with E-state index in [0.717, 1.165) is 11.1 Å². The molecule has 0 saturated carbocycles. The zero-order valence-corrected chi connectivity index (χ0v) is 17.3. The number of hydrogen-bond acceptors (Lipinski definition) is 3. The smallest absolute Gasteiger partial charge is 0.326 e. The third-order valence-electron chi connectivity index (χ3n) is 4.77. The van der Waals surface area contributed by atoms with Crippen molar-refractivity contribution in [1.82, 2.24) is 9.80 Å². The van der Waals surface area contributed by atoms with Gasteiger partial charge < -0.3 is 14.9 Å². The van der Waals surface area contributed by atoms with E-state index in [1.54, 1.807) is 36.2 Å². The van der Waals surface area contributed by atoms with Crippen molar-refractivity contribution in [1.29, 1.82) is 0 Å². The van der Waals surface area contributed by atoms with Crippen LogP contribution in [-0.4, -0.2) is 45.8 Å². The number of amides is 2. The highest BCUT2D eigenvalue weighted by Gasteiger charge is 2.26. The van der Waals surface area contributed by atoms with Crippen LogP contribution < -0.4 is 0 Å². The first-order chi connectivity index (χ1) is 13.7. The molecule has 0 aliphatic rings. The van der Waals surface area contributed by atoms with Crippen molar-refractivity contribution in [3.8, 4) is 0 Å². The van der Waals surface area contributed by atoms with Gasteiger partial charge in [0.1, 0.15) is 6.04 Å². The molecule has 1 N–H and O–H groups in total. The molecular formula is C23H28N2O4. The number of hydrogen-bond donors (Lipinski definition) is 1. The minimum Gasteiger partial charge on any atom is -0.480 e. The second-order valence-electron chi connectivity index (χ2n) is 7.48. The van der Waals surface area contributed by atoms with Crippen LogP contribution in [0.3, 0.4) is 0 Å². The molecule has 0 aliphatic carbocycles. The zero-order valence-electron chi connectivity index (χ0n) is 17.3. The van der Waals surface area contributed by atoms with Gasteiger partial charge in [-0.3, -0.25) is 9.59 Å². The molecular weight excluding hydrogens is 368 g/mol. The largest absolute Gasteiger partial charge is 0.480 e. The Bertz CT molecular complexity index is 847. The third kappa shape index (κ3) is 5.91. The van der Waals surface area contributed by atoms with Gasteiger partial charge in [0.25, 0.3) is 5.91 Å². The molecule has 29 heavy (non-hydrogen) atoms. The Morgan fingerprint density at radius 1 is 0.862 bits per heavy atom. The van der Waals surface area contributed by atoms with Crippen molar-refractivity contribution in [3.05, 3.63) is 71.3 Å². The third-order valence-corrected chi connectivity index (χ3v) is 4.77. The summed E-state index contributed by atoms with van der Waals surface area (Å²) in [5.74, 6) is -1.43. The van der Waals surface area contributed by atoms with Gasteiger partial charge in [0.15, 0.2) is 0 Å². The molecule has 0 spiro atoms. The van der Waals surface area contributed by atoms with Crippen molar-refractivity contribution in [2.45, 2.75) is 39.9 Å². The zero-order chi connectivity index (χ0) is 21.6. The summed E-state index contributed by atoms with van der Waals surface area (Å²) in [6.45, 7) is 5.87. The molecule has 0 radical (unpaired) electrons. The number of nitrogens with zero attached hydrogens (tertiary/aromatic N) is 2. The van der Waals surface area contributed by atoms with E-state index in [1.165, 1.54) is 11.8 Å². The molecule has 0 aliphatic heterocycles. The average Bonchev–Trinajstić information content (AvgIpc) is 2.71. The predicted molar refractivity (Wildman–Crippen MR) is 111 cm³/mol. The molecule has 2 rings (SSSR count). The highest BCUT2D eigenvalue weighted by Crippen LogP contribution is 2.16. The fraction of sp³-hybridized carbons (Fsp3) is 0.348. The molecule has 2 amide bonds. The monoisotopic (exact) mass is 396 g/mol.